The first-order valence-electron chi connectivity index (χ1n) is 5.75. The molecule has 0 amide bonds. The summed E-state index contributed by atoms with van der Waals surface area (Å²) in [5, 5.41) is 0. The minimum Gasteiger partial charge on any atom is -0.380 e. The highest BCUT2D eigenvalue weighted by Crippen LogP contribution is 2.05. The topological polar surface area (TPSA) is 35.2 Å². The molecular weight excluding hydrogens is 174 g/mol. The Kier molecular flexibility index (Phi) is 10.5. The van der Waals surface area contributed by atoms with Gasteiger partial charge in [-0.1, -0.05) is 25.8 Å². The van der Waals surface area contributed by atoms with Gasteiger partial charge in [0, 0.05) is 12.6 Å². The molecule has 1 atom stereocenters. The molecule has 0 bridgehead atoms. The van der Waals surface area contributed by atoms with Gasteiger partial charge >= 0.3 is 0 Å². The van der Waals surface area contributed by atoms with E-state index in [1.807, 2.05) is 6.08 Å². The lowest BCUT2D eigenvalue weighted by molar-refractivity contribution is 0.118. The number of allylic oxidation sites excluding steroid dienone is 1. The van der Waals surface area contributed by atoms with Gasteiger partial charge in [-0.3, -0.25) is 0 Å². The van der Waals surface area contributed by atoms with Gasteiger partial charge in [0.2, 0.25) is 0 Å². The Labute approximate surface area is 88.5 Å². The molecule has 0 rings (SSSR count). The quantitative estimate of drug-likeness (QED) is 0.434. The molecule has 2 nitrogen and oxygen atoms in total. The molecule has 2 heteroatoms. The number of nitrogens with two attached hydrogens (primary N) is 1. The van der Waals surface area contributed by atoms with Gasteiger partial charge in [0.25, 0.3) is 0 Å². The Morgan fingerprint density at radius 1 is 1.36 bits per heavy atom. The fourth-order valence-electron chi connectivity index (χ4n) is 1.33. The molecule has 0 aromatic rings. The molecule has 2 N–H and O–H groups in total. The van der Waals surface area contributed by atoms with E-state index >= 15 is 0 Å². The maximum absolute atomic E-state index is 5.88. The molecular formula is C12H25NO. The summed E-state index contributed by atoms with van der Waals surface area (Å²) in [4.78, 5) is 0. The highest BCUT2D eigenvalue weighted by atomic mass is 16.5. The average molecular weight is 199 g/mol. The normalized spacial score (nSPS) is 12.7. The third-order valence-corrected chi connectivity index (χ3v) is 2.16. The highest BCUT2D eigenvalue weighted by molar-refractivity contribution is 4.66. The van der Waals surface area contributed by atoms with Gasteiger partial charge in [0.1, 0.15) is 0 Å². The standard InChI is InChI=1S/C12H25NO/c1-3-5-6-7-8-9-12(13)11-14-10-4-2/h3,12H,1,4-11,13H2,2H3. The zero-order chi connectivity index (χ0) is 10.6. The van der Waals surface area contributed by atoms with Crippen molar-refractivity contribution in [1.29, 1.82) is 0 Å². The van der Waals surface area contributed by atoms with Gasteiger partial charge < -0.3 is 10.5 Å². The monoisotopic (exact) mass is 199 g/mol. The molecule has 0 heterocycles. The second-order valence-electron chi connectivity index (χ2n) is 3.76. The van der Waals surface area contributed by atoms with Crippen molar-refractivity contribution in [1.82, 2.24) is 0 Å². The number of hydrogen-bond acceptors (Lipinski definition) is 2. The van der Waals surface area contributed by atoms with E-state index in [2.05, 4.69) is 13.5 Å². The number of rotatable bonds is 10. The molecule has 0 fully saturated rings. The second-order valence-corrected chi connectivity index (χ2v) is 3.76. The fraction of sp³-hybridized carbons (Fsp3) is 0.833. The van der Waals surface area contributed by atoms with Crippen LogP contribution in [0.15, 0.2) is 12.7 Å². The molecule has 0 aromatic carbocycles. The van der Waals surface area contributed by atoms with Crippen molar-refractivity contribution in [2.75, 3.05) is 13.2 Å². The maximum atomic E-state index is 5.88. The lowest BCUT2D eigenvalue weighted by atomic mass is 10.1. The van der Waals surface area contributed by atoms with Crippen LogP contribution in [-0.4, -0.2) is 19.3 Å². The minimum atomic E-state index is 0.227. The Hall–Kier alpha value is -0.340. The first-order valence-corrected chi connectivity index (χ1v) is 5.75. The Balaban J connectivity index is 3.09. The molecule has 0 aliphatic rings. The van der Waals surface area contributed by atoms with Gasteiger partial charge in [-0.2, -0.15) is 0 Å². The Morgan fingerprint density at radius 2 is 2.14 bits per heavy atom. The second kappa shape index (κ2) is 10.7. The van der Waals surface area contributed by atoms with Crippen molar-refractivity contribution in [2.45, 2.75) is 51.5 Å². The first-order chi connectivity index (χ1) is 6.81. The third-order valence-electron chi connectivity index (χ3n) is 2.16. The number of unbranched alkanes of at least 4 members (excludes halogenated alkanes) is 3. The molecule has 0 aliphatic carbocycles. The minimum absolute atomic E-state index is 0.227. The molecule has 0 aromatic heterocycles. The van der Waals surface area contributed by atoms with Gasteiger partial charge in [-0.15, -0.1) is 6.58 Å². The fourth-order valence-corrected chi connectivity index (χ4v) is 1.33. The smallest absolute Gasteiger partial charge is 0.0617 e. The van der Waals surface area contributed by atoms with Crippen molar-refractivity contribution in [3.63, 3.8) is 0 Å². The molecule has 0 aliphatic heterocycles. The van der Waals surface area contributed by atoms with Gasteiger partial charge in [-0.05, 0) is 25.7 Å². The van der Waals surface area contributed by atoms with Crippen LogP contribution in [0.1, 0.15) is 45.4 Å². The summed E-state index contributed by atoms with van der Waals surface area (Å²) >= 11 is 0. The highest BCUT2D eigenvalue weighted by Gasteiger charge is 2.01. The summed E-state index contributed by atoms with van der Waals surface area (Å²) < 4.78 is 5.38. The van der Waals surface area contributed by atoms with Gasteiger partial charge in [0.05, 0.1) is 6.61 Å². The SMILES string of the molecule is C=CCCCCCC(N)COCCC. The third kappa shape index (κ3) is 9.75. The largest absolute Gasteiger partial charge is 0.380 e. The van der Waals surface area contributed by atoms with E-state index < -0.39 is 0 Å². The van der Waals surface area contributed by atoms with Crippen molar-refractivity contribution in [2.24, 2.45) is 5.73 Å². The van der Waals surface area contributed by atoms with Crippen molar-refractivity contribution in [3.05, 3.63) is 12.7 Å². The van der Waals surface area contributed by atoms with Crippen LogP contribution in [0.2, 0.25) is 0 Å². The summed E-state index contributed by atoms with van der Waals surface area (Å²) in [5.41, 5.74) is 5.88. The van der Waals surface area contributed by atoms with Crippen molar-refractivity contribution >= 4 is 0 Å². The molecule has 84 valence electrons. The van der Waals surface area contributed by atoms with E-state index in [4.69, 9.17) is 10.5 Å². The summed E-state index contributed by atoms with van der Waals surface area (Å²) in [7, 11) is 0. The van der Waals surface area contributed by atoms with Gasteiger partial charge in [0.15, 0.2) is 0 Å². The zero-order valence-electron chi connectivity index (χ0n) is 9.50. The molecule has 1 unspecified atom stereocenters. The van der Waals surface area contributed by atoms with Crippen LogP contribution in [0.4, 0.5) is 0 Å². The Bertz CT molecular complexity index is 125. The van der Waals surface area contributed by atoms with Crippen molar-refractivity contribution < 1.29 is 4.74 Å². The van der Waals surface area contributed by atoms with Gasteiger partial charge in [-0.25, -0.2) is 0 Å². The van der Waals surface area contributed by atoms with E-state index in [0.717, 1.165) is 32.5 Å². The van der Waals surface area contributed by atoms with E-state index in [-0.39, 0.29) is 6.04 Å². The van der Waals surface area contributed by atoms with E-state index in [1.54, 1.807) is 0 Å². The van der Waals surface area contributed by atoms with E-state index in [9.17, 15) is 0 Å². The van der Waals surface area contributed by atoms with Crippen LogP contribution < -0.4 is 5.73 Å². The Morgan fingerprint density at radius 3 is 2.79 bits per heavy atom. The lowest BCUT2D eigenvalue weighted by Gasteiger charge is -2.11. The summed E-state index contributed by atoms with van der Waals surface area (Å²) in [6.45, 7) is 7.37. The summed E-state index contributed by atoms with van der Waals surface area (Å²) in [6, 6.07) is 0.227. The van der Waals surface area contributed by atoms with Crippen molar-refractivity contribution in [3.8, 4) is 0 Å². The van der Waals surface area contributed by atoms with E-state index in [1.165, 1.54) is 19.3 Å². The first kappa shape index (κ1) is 13.7. The summed E-state index contributed by atoms with van der Waals surface area (Å²) in [5.74, 6) is 0. The predicted molar refractivity (Wildman–Crippen MR) is 62.4 cm³/mol. The van der Waals surface area contributed by atoms with Crippen LogP contribution in [-0.2, 0) is 4.74 Å². The average Bonchev–Trinajstić information content (AvgIpc) is 2.18. The number of ether oxygens (including phenoxy) is 1. The number of hydrogen-bond donors (Lipinski definition) is 1. The van der Waals surface area contributed by atoms with Crippen LogP contribution in [0.25, 0.3) is 0 Å². The molecule has 0 radical (unpaired) electrons. The van der Waals surface area contributed by atoms with Crippen LogP contribution in [0.3, 0.4) is 0 Å². The van der Waals surface area contributed by atoms with Crippen LogP contribution in [0.5, 0.6) is 0 Å². The zero-order valence-corrected chi connectivity index (χ0v) is 9.50. The molecule has 14 heavy (non-hydrogen) atoms. The van der Waals surface area contributed by atoms with Crippen LogP contribution >= 0.6 is 0 Å². The molecule has 0 saturated carbocycles. The maximum Gasteiger partial charge on any atom is 0.0617 e. The molecule has 0 spiro atoms. The van der Waals surface area contributed by atoms with E-state index in [0.29, 0.717) is 0 Å². The lowest BCUT2D eigenvalue weighted by Crippen LogP contribution is -2.26. The van der Waals surface area contributed by atoms with Crippen LogP contribution in [0, 0.1) is 0 Å². The molecule has 0 saturated heterocycles. The summed E-state index contributed by atoms with van der Waals surface area (Å²) in [6.07, 6.45) is 8.97. The predicted octanol–water partition coefficient (Wildman–Crippen LogP) is 2.88.